The zero-order valence-electron chi connectivity index (χ0n) is 15.1. The van der Waals surface area contributed by atoms with Gasteiger partial charge < -0.3 is 20.1 Å². The second-order valence-electron chi connectivity index (χ2n) is 7.09. The van der Waals surface area contributed by atoms with Gasteiger partial charge in [0.05, 0.1) is 11.7 Å². The maximum Gasteiger partial charge on any atom is 0.339 e. The maximum atomic E-state index is 12.6. The highest BCUT2D eigenvalue weighted by atomic mass is 32.1. The lowest BCUT2D eigenvalue weighted by atomic mass is 9.79. The van der Waals surface area contributed by atoms with E-state index in [2.05, 4.69) is 10.2 Å². The average Bonchev–Trinajstić information content (AvgIpc) is 2.96. The second-order valence-corrected chi connectivity index (χ2v) is 7.97. The van der Waals surface area contributed by atoms with Crippen molar-refractivity contribution in [3.8, 4) is 0 Å². The Morgan fingerprint density at radius 2 is 1.93 bits per heavy atom. The molecule has 1 aliphatic carbocycles. The van der Waals surface area contributed by atoms with E-state index in [0.717, 1.165) is 43.6 Å². The van der Waals surface area contributed by atoms with Crippen LogP contribution in [0, 0.1) is 0 Å². The molecule has 0 atom stereocenters. The Morgan fingerprint density at radius 3 is 2.48 bits per heavy atom. The number of hydrogen-bond acceptors (Lipinski definition) is 5. The first-order valence-electron chi connectivity index (χ1n) is 9.10. The third kappa shape index (κ3) is 3.44. The largest absolute Gasteiger partial charge is 0.478 e. The van der Waals surface area contributed by atoms with E-state index in [1.807, 2.05) is 17.5 Å². The number of carboxylic acids is 1. The zero-order valence-corrected chi connectivity index (χ0v) is 15.9. The summed E-state index contributed by atoms with van der Waals surface area (Å²) < 4.78 is 5.28. The van der Waals surface area contributed by atoms with Gasteiger partial charge in [-0.1, -0.05) is 6.42 Å². The molecule has 0 bridgehead atoms. The van der Waals surface area contributed by atoms with Crippen molar-refractivity contribution in [2.75, 3.05) is 30.4 Å². The van der Waals surface area contributed by atoms with Gasteiger partial charge in [-0.15, -0.1) is 11.3 Å². The summed E-state index contributed by atoms with van der Waals surface area (Å²) in [6, 6.07) is 7.36. The average molecular weight is 386 g/mol. The molecule has 2 fully saturated rings. The summed E-state index contributed by atoms with van der Waals surface area (Å²) in [4.78, 5) is 26.5. The van der Waals surface area contributed by atoms with Gasteiger partial charge >= 0.3 is 5.97 Å². The van der Waals surface area contributed by atoms with Crippen molar-refractivity contribution in [3.63, 3.8) is 0 Å². The highest BCUT2D eigenvalue weighted by Crippen LogP contribution is 2.42. The molecular formula is C20H22N2O4S. The van der Waals surface area contributed by atoms with Crippen LogP contribution < -0.4 is 10.2 Å². The van der Waals surface area contributed by atoms with Crippen LogP contribution >= 0.6 is 11.3 Å². The van der Waals surface area contributed by atoms with Crippen LogP contribution in [0.25, 0.3) is 0 Å². The lowest BCUT2D eigenvalue weighted by Gasteiger charge is -2.40. The fraction of sp³-hybridized carbons (Fsp3) is 0.400. The van der Waals surface area contributed by atoms with Crippen molar-refractivity contribution in [2.45, 2.75) is 31.3 Å². The summed E-state index contributed by atoms with van der Waals surface area (Å²) in [5.41, 5.74) is 2.67. The number of thiophene rings is 1. The lowest BCUT2D eigenvalue weighted by molar-refractivity contribution is 0.0696. The first-order valence-corrected chi connectivity index (χ1v) is 9.98. The van der Waals surface area contributed by atoms with Crippen molar-refractivity contribution in [2.24, 2.45) is 0 Å². The van der Waals surface area contributed by atoms with Crippen molar-refractivity contribution < 1.29 is 19.4 Å². The van der Waals surface area contributed by atoms with E-state index in [0.29, 0.717) is 16.5 Å². The van der Waals surface area contributed by atoms with Gasteiger partial charge in [0.1, 0.15) is 5.00 Å². The molecule has 6 nitrogen and oxygen atoms in total. The predicted molar refractivity (Wildman–Crippen MR) is 105 cm³/mol. The number of hydrogen-bond donors (Lipinski definition) is 2. The van der Waals surface area contributed by atoms with Crippen molar-refractivity contribution >= 4 is 33.9 Å². The SMILES string of the molecule is COC1CN(c2ccc(C(=O)Nc3scc(C4CCC4)c3C(=O)O)cc2)C1. The Balaban J connectivity index is 1.46. The summed E-state index contributed by atoms with van der Waals surface area (Å²) in [6.07, 6.45) is 3.44. The highest BCUT2D eigenvalue weighted by Gasteiger charge is 2.29. The van der Waals surface area contributed by atoms with Gasteiger partial charge in [0.25, 0.3) is 5.91 Å². The topological polar surface area (TPSA) is 78.9 Å². The van der Waals surface area contributed by atoms with Gasteiger partial charge in [0, 0.05) is 31.5 Å². The fourth-order valence-electron chi connectivity index (χ4n) is 3.50. The Labute approximate surface area is 161 Å². The summed E-state index contributed by atoms with van der Waals surface area (Å²) in [7, 11) is 1.71. The van der Waals surface area contributed by atoms with Gasteiger partial charge in [-0.3, -0.25) is 4.79 Å². The summed E-state index contributed by atoms with van der Waals surface area (Å²) >= 11 is 1.29. The van der Waals surface area contributed by atoms with Crippen LogP contribution in [0.4, 0.5) is 10.7 Å². The number of carbonyl (C=O) groups is 2. The first kappa shape index (κ1) is 18.0. The van der Waals surface area contributed by atoms with E-state index in [-0.39, 0.29) is 17.6 Å². The normalized spacial score (nSPS) is 17.3. The third-order valence-electron chi connectivity index (χ3n) is 5.48. The van der Waals surface area contributed by atoms with Gasteiger partial charge in [-0.05, 0) is 54.0 Å². The standard InChI is InChI=1S/C20H22N2O4S/c1-26-15-9-22(10-15)14-7-5-13(6-8-14)18(23)21-19-17(20(24)25)16(11-27-19)12-3-2-4-12/h5-8,11-12,15H,2-4,9-10H2,1H3,(H,21,23)(H,24,25). The van der Waals surface area contributed by atoms with Gasteiger partial charge in [0.2, 0.25) is 0 Å². The molecule has 2 N–H and O–H groups in total. The summed E-state index contributed by atoms with van der Waals surface area (Å²) in [5.74, 6) is -0.955. The smallest absolute Gasteiger partial charge is 0.339 e. The Morgan fingerprint density at radius 1 is 1.22 bits per heavy atom. The molecule has 27 heavy (non-hydrogen) atoms. The molecule has 0 spiro atoms. The highest BCUT2D eigenvalue weighted by molar-refractivity contribution is 7.15. The van der Waals surface area contributed by atoms with Crippen LogP contribution in [0.1, 0.15) is 51.5 Å². The number of benzene rings is 1. The zero-order chi connectivity index (χ0) is 19.0. The minimum absolute atomic E-state index is 0.251. The number of ether oxygens (including phenoxy) is 1. The monoisotopic (exact) mass is 386 g/mol. The van der Waals surface area contributed by atoms with Gasteiger partial charge in [0.15, 0.2) is 0 Å². The first-order chi connectivity index (χ1) is 13.1. The maximum absolute atomic E-state index is 12.6. The molecule has 1 amide bonds. The van der Waals surface area contributed by atoms with E-state index < -0.39 is 5.97 Å². The molecular weight excluding hydrogens is 364 g/mol. The second kappa shape index (κ2) is 7.32. The third-order valence-corrected chi connectivity index (χ3v) is 6.40. The number of anilines is 2. The molecule has 1 aromatic carbocycles. The number of nitrogens with zero attached hydrogens (tertiary/aromatic N) is 1. The molecule has 1 saturated heterocycles. The fourth-order valence-corrected chi connectivity index (χ4v) is 4.53. The molecule has 0 unspecified atom stereocenters. The van der Waals surface area contributed by atoms with Crippen LogP contribution in [-0.4, -0.2) is 43.3 Å². The van der Waals surface area contributed by atoms with Gasteiger partial charge in [-0.2, -0.15) is 0 Å². The van der Waals surface area contributed by atoms with E-state index in [1.165, 1.54) is 11.3 Å². The number of methoxy groups -OCH3 is 1. The molecule has 142 valence electrons. The van der Waals surface area contributed by atoms with Gasteiger partial charge in [-0.25, -0.2) is 4.79 Å². The number of rotatable bonds is 6. The number of carboxylic acid groups (broad SMARTS) is 1. The molecule has 4 rings (SSSR count). The minimum Gasteiger partial charge on any atom is -0.478 e. The number of aromatic carboxylic acids is 1. The lowest BCUT2D eigenvalue weighted by Crippen LogP contribution is -2.51. The van der Waals surface area contributed by atoms with Crippen LogP contribution in [0.5, 0.6) is 0 Å². The molecule has 7 heteroatoms. The van der Waals surface area contributed by atoms with E-state index in [4.69, 9.17) is 4.74 Å². The van der Waals surface area contributed by atoms with Crippen molar-refractivity contribution in [1.29, 1.82) is 0 Å². The predicted octanol–water partition coefficient (Wildman–Crippen LogP) is 3.80. The molecule has 1 saturated carbocycles. The van der Waals surface area contributed by atoms with Crippen LogP contribution in [0.15, 0.2) is 29.6 Å². The summed E-state index contributed by atoms with van der Waals surface area (Å²) in [6.45, 7) is 1.70. The number of carbonyl (C=O) groups excluding carboxylic acids is 1. The van der Waals surface area contributed by atoms with Crippen LogP contribution in [-0.2, 0) is 4.74 Å². The Hall–Kier alpha value is -2.38. The Kier molecular flexibility index (Phi) is 4.88. The van der Waals surface area contributed by atoms with Crippen molar-refractivity contribution in [3.05, 3.63) is 46.3 Å². The van der Waals surface area contributed by atoms with E-state index in [9.17, 15) is 14.7 Å². The Bertz CT molecular complexity index is 851. The van der Waals surface area contributed by atoms with Crippen LogP contribution in [0.3, 0.4) is 0 Å². The molecule has 2 aromatic rings. The van der Waals surface area contributed by atoms with Crippen LogP contribution in [0.2, 0.25) is 0 Å². The molecule has 2 aliphatic rings. The van der Waals surface area contributed by atoms with E-state index in [1.54, 1.807) is 19.2 Å². The molecule has 1 aromatic heterocycles. The molecule has 2 heterocycles. The number of nitrogens with one attached hydrogen (secondary N) is 1. The van der Waals surface area contributed by atoms with Crippen molar-refractivity contribution in [1.82, 2.24) is 0 Å². The summed E-state index contributed by atoms with van der Waals surface area (Å²) in [5, 5.41) is 14.7. The number of amides is 1. The molecule has 0 radical (unpaired) electrons. The quantitative estimate of drug-likeness (QED) is 0.789. The van der Waals surface area contributed by atoms with E-state index >= 15 is 0 Å². The molecule has 1 aliphatic heterocycles. The minimum atomic E-state index is -0.978.